The summed E-state index contributed by atoms with van der Waals surface area (Å²) in [5.74, 6) is 0.128. The number of nitrogen functional groups attached to an aromatic ring is 1. The zero-order valence-corrected chi connectivity index (χ0v) is 16.7. The molecule has 1 aromatic heterocycles. The van der Waals surface area contributed by atoms with Gasteiger partial charge in [0.25, 0.3) is 5.91 Å². The SMILES string of the molecule is CCC(NC(=O)c1cc(Cl)c(N)cc1OC)c1nc(C)cs1.Cl.Cl. The molecule has 0 aliphatic heterocycles. The Morgan fingerprint density at radius 3 is 2.62 bits per heavy atom. The summed E-state index contributed by atoms with van der Waals surface area (Å²) in [6.07, 6.45) is 0.740. The van der Waals surface area contributed by atoms with E-state index in [0.29, 0.717) is 22.0 Å². The van der Waals surface area contributed by atoms with Crippen molar-refractivity contribution in [3.63, 3.8) is 0 Å². The number of nitrogens with one attached hydrogen (secondary N) is 1. The van der Waals surface area contributed by atoms with E-state index in [9.17, 15) is 4.79 Å². The average molecular weight is 413 g/mol. The van der Waals surface area contributed by atoms with Crippen molar-refractivity contribution >= 4 is 59.3 Å². The van der Waals surface area contributed by atoms with Crippen LogP contribution in [0.2, 0.25) is 5.02 Å². The quantitative estimate of drug-likeness (QED) is 0.713. The van der Waals surface area contributed by atoms with Gasteiger partial charge in [0.15, 0.2) is 0 Å². The van der Waals surface area contributed by atoms with Crippen LogP contribution in [0.1, 0.15) is 40.4 Å². The minimum absolute atomic E-state index is 0. The van der Waals surface area contributed by atoms with Crippen molar-refractivity contribution in [3.8, 4) is 5.75 Å². The second-order valence-corrected chi connectivity index (χ2v) is 6.13. The van der Waals surface area contributed by atoms with E-state index in [0.717, 1.165) is 17.1 Å². The highest BCUT2D eigenvalue weighted by atomic mass is 35.5. The Kier molecular flexibility index (Phi) is 9.43. The van der Waals surface area contributed by atoms with Gasteiger partial charge in [0, 0.05) is 17.1 Å². The molecule has 0 aliphatic carbocycles. The number of nitrogens with two attached hydrogens (primary N) is 1. The number of carbonyl (C=O) groups excluding carboxylic acids is 1. The predicted octanol–water partition coefficient (Wildman–Crippen LogP) is 4.42. The highest BCUT2D eigenvalue weighted by molar-refractivity contribution is 7.09. The number of hydrogen-bond acceptors (Lipinski definition) is 5. The number of halogens is 3. The summed E-state index contributed by atoms with van der Waals surface area (Å²) in [4.78, 5) is 17.0. The van der Waals surface area contributed by atoms with E-state index in [4.69, 9.17) is 22.1 Å². The van der Waals surface area contributed by atoms with Gasteiger partial charge >= 0.3 is 0 Å². The number of thiazole rings is 1. The first-order valence-electron chi connectivity index (χ1n) is 6.82. The molecule has 1 atom stereocenters. The van der Waals surface area contributed by atoms with Crippen LogP contribution in [0.4, 0.5) is 5.69 Å². The van der Waals surface area contributed by atoms with Crippen LogP contribution < -0.4 is 15.8 Å². The van der Waals surface area contributed by atoms with Gasteiger partial charge in [0.2, 0.25) is 0 Å². The Morgan fingerprint density at radius 1 is 1.46 bits per heavy atom. The largest absolute Gasteiger partial charge is 0.496 e. The number of rotatable bonds is 5. The van der Waals surface area contributed by atoms with Crippen LogP contribution in [0, 0.1) is 6.92 Å². The summed E-state index contributed by atoms with van der Waals surface area (Å²) < 4.78 is 5.21. The maximum atomic E-state index is 12.5. The van der Waals surface area contributed by atoms with Crippen LogP contribution in [0.5, 0.6) is 5.75 Å². The van der Waals surface area contributed by atoms with Crippen molar-refractivity contribution in [2.24, 2.45) is 0 Å². The van der Waals surface area contributed by atoms with E-state index in [-0.39, 0.29) is 36.8 Å². The third-order valence-electron chi connectivity index (χ3n) is 3.21. The van der Waals surface area contributed by atoms with E-state index in [2.05, 4.69) is 10.3 Å². The van der Waals surface area contributed by atoms with Gasteiger partial charge in [-0.05, 0) is 19.4 Å². The highest BCUT2D eigenvalue weighted by Crippen LogP contribution is 2.29. The summed E-state index contributed by atoms with van der Waals surface area (Å²) in [5, 5.41) is 6.13. The number of hydrogen-bond donors (Lipinski definition) is 2. The van der Waals surface area contributed by atoms with E-state index < -0.39 is 0 Å². The number of methoxy groups -OCH3 is 1. The normalized spacial score (nSPS) is 11.0. The van der Waals surface area contributed by atoms with Gasteiger partial charge in [0.1, 0.15) is 10.8 Å². The fourth-order valence-electron chi connectivity index (χ4n) is 2.02. The van der Waals surface area contributed by atoms with Gasteiger partial charge in [-0.1, -0.05) is 18.5 Å². The lowest BCUT2D eigenvalue weighted by Gasteiger charge is -2.16. The van der Waals surface area contributed by atoms with Crippen LogP contribution in [-0.4, -0.2) is 18.0 Å². The maximum Gasteiger partial charge on any atom is 0.255 e. The minimum atomic E-state index is -0.265. The highest BCUT2D eigenvalue weighted by Gasteiger charge is 2.20. The zero-order valence-electron chi connectivity index (χ0n) is 13.5. The first kappa shape index (κ1) is 22.8. The summed E-state index contributed by atoms with van der Waals surface area (Å²) in [6.45, 7) is 3.92. The lowest BCUT2D eigenvalue weighted by atomic mass is 10.1. The molecule has 5 nitrogen and oxygen atoms in total. The number of anilines is 1. The minimum Gasteiger partial charge on any atom is -0.496 e. The van der Waals surface area contributed by atoms with E-state index in [1.54, 1.807) is 6.07 Å². The lowest BCUT2D eigenvalue weighted by Crippen LogP contribution is -2.28. The van der Waals surface area contributed by atoms with Crippen molar-refractivity contribution in [2.45, 2.75) is 26.3 Å². The molecule has 2 rings (SSSR count). The summed E-state index contributed by atoms with van der Waals surface area (Å²) >= 11 is 7.54. The summed E-state index contributed by atoms with van der Waals surface area (Å²) in [7, 11) is 1.49. The molecule has 1 aromatic carbocycles. The molecule has 0 saturated carbocycles. The second kappa shape index (κ2) is 9.93. The fourth-order valence-corrected chi connectivity index (χ4v) is 3.12. The lowest BCUT2D eigenvalue weighted by molar-refractivity contribution is 0.0932. The van der Waals surface area contributed by atoms with Gasteiger partial charge in [-0.25, -0.2) is 4.98 Å². The van der Waals surface area contributed by atoms with Gasteiger partial charge in [-0.3, -0.25) is 4.79 Å². The monoisotopic (exact) mass is 411 g/mol. The molecule has 0 fully saturated rings. The number of carbonyl (C=O) groups is 1. The third kappa shape index (κ3) is 5.14. The first-order valence-corrected chi connectivity index (χ1v) is 8.07. The number of amides is 1. The molecule has 0 saturated heterocycles. The number of aromatic nitrogens is 1. The van der Waals surface area contributed by atoms with Crippen LogP contribution in [0.3, 0.4) is 0 Å². The first-order chi connectivity index (χ1) is 10.5. The van der Waals surface area contributed by atoms with E-state index in [1.165, 1.54) is 24.5 Å². The number of benzene rings is 1. The maximum absolute atomic E-state index is 12.5. The summed E-state index contributed by atoms with van der Waals surface area (Å²) in [6, 6.07) is 2.92. The molecule has 1 amide bonds. The molecule has 0 radical (unpaired) electrons. The Balaban J connectivity index is 0.00000264. The predicted molar refractivity (Wildman–Crippen MR) is 104 cm³/mol. The average Bonchev–Trinajstić information content (AvgIpc) is 2.93. The van der Waals surface area contributed by atoms with Crippen molar-refractivity contribution in [1.29, 1.82) is 0 Å². The number of aryl methyl sites for hydroxylation is 1. The van der Waals surface area contributed by atoms with Gasteiger partial charge in [-0.2, -0.15) is 0 Å². The van der Waals surface area contributed by atoms with Gasteiger partial charge in [-0.15, -0.1) is 36.2 Å². The molecule has 0 aliphatic rings. The Hall–Kier alpha value is -1.21. The Labute approximate surface area is 162 Å². The van der Waals surface area contributed by atoms with Gasteiger partial charge in [0.05, 0.1) is 29.4 Å². The van der Waals surface area contributed by atoms with Crippen molar-refractivity contribution in [3.05, 3.63) is 38.8 Å². The number of ether oxygens (including phenoxy) is 1. The molecule has 134 valence electrons. The zero-order chi connectivity index (χ0) is 16.3. The molecule has 9 heteroatoms. The molecular weight excluding hydrogens is 393 g/mol. The Morgan fingerprint density at radius 2 is 2.12 bits per heavy atom. The molecule has 3 N–H and O–H groups in total. The van der Waals surface area contributed by atoms with Crippen LogP contribution in [-0.2, 0) is 0 Å². The fraction of sp³-hybridized carbons (Fsp3) is 0.333. The second-order valence-electron chi connectivity index (χ2n) is 4.84. The molecule has 0 spiro atoms. The van der Waals surface area contributed by atoms with Crippen LogP contribution >= 0.6 is 47.8 Å². The molecule has 2 aromatic rings. The van der Waals surface area contributed by atoms with Crippen molar-refractivity contribution in [2.75, 3.05) is 12.8 Å². The van der Waals surface area contributed by atoms with Crippen LogP contribution in [0.15, 0.2) is 17.5 Å². The van der Waals surface area contributed by atoms with E-state index >= 15 is 0 Å². The topological polar surface area (TPSA) is 77.2 Å². The standard InChI is InChI=1S/C15H18ClN3O2S.2ClH/c1-4-12(15-18-8(2)7-22-15)19-14(20)9-5-10(16)11(17)6-13(9)21-3;;/h5-7,12H,4,17H2,1-3H3,(H,19,20);2*1H. The summed E-state index contributed by atoms with van der Waals surface area (Å²) in [5.41, 5.74) is 7.41. The Bertz CT molecular complexity index is 695. The molecular formula is C15H20Cl3N3O2S. The molecule has 0 bridgehead atoms. The molecule has 1 unspecified atom stereocenters. The molecule has 1 heterocycles. The van der Waals surface area contributed by atoms with E-state index in [1.807, 2.05) is 19.2 Å². The van der Waals surface area contributed by atoms with Crippen molar-refractivity contribution in [1.82, 2.24) is 10.3 Å². The van der Waals surface area contributed by atoms with Crippen LogP contribution in [0.25, 0.3) is 0 Å². The third-order valence-corrected chi connectivity index (χ3v) is 4.62. The van der Waals surface area contributed by atoms with Gasteiger partial charge < -0.3 is 15.8 Å². The van der Waals surface area contributed by atoms with Crippen molar-refractivity contribution < 1.29 is 9.53 Å². The molecule has 24 heavy (non-hydrogen) atoms. The smallest absolute Gasteiger partial charge is 0.255 e. The number of nitrogens with zero attached hydrogens (tertiary/aromatic N) is 1.